The summed E-state index contributed by atoms with van der Waals surface area (Å²) in [6.45, 7) is 3.22. The summed E-state index contributed by atoms with van der Waals surface area (Å²) < 4.78 is 27.1. The Bertz CT molecular complexity index is 1000. The van der Waals surface area contributed by atoms with Crippen molar-refractivity contribution in [2.24, 2.45) is 0 Å². The van der Waals surface area contributed by atoms with Crippen molar-refractivity contribution in [2.75, 3.05) is 44.2 Å². The molecule has 30 heavy (non-hydrogen) atoms. The van der Waals surface area contributed by atoms with E-state index in [-0.39, 0.29) is 5.91 Å². The molecule has 0 bridgehead atoms. The first-order chi connectivity index (χ1) is 14.5. The second-order valence-electron chi connectivity index (χ2n) is 7.59. The molecular formula is C21H25ClN4O3S. The largest absolute Gasteiger partial charge is 0.353 e. The Morgan fingerprint density at radius 3 is 2.23 bits per heavy atom. The third-order valence-corrected chi connectivity index (χ3v) is 7.82. The van der Waals surface area contributed by atoms with Crippen LogP contribution >= 0.6 is 11.6 Å². The van der Waals surface area contributed by atoms with Crippen LogP contribution in [0.4, 0.5) is 5.82 Å². The summed E-state index contributed by atoms with van der Waals surface area (Å²) in [4.78, 5) is 21.2. The van der Waals surface area contributed by atoms with Gasteiger partial charge in [0.25, 0.3) is 5.91 Å². The minimum Gasteiger partial charge on any atom is -0.353 e. The molecule has 3 heterocycles. The van der Waals surface area contributed by atoms with Crippen molar-refractivity contribution in [1.82, 2.24) is 14.2 Å². The van der Waals surface area contributed by atoms with Gasteiger partial charge in [-0.3, -0.25) is 4.79 Å². The molecule has 9 heteroatoms. The Labute approximate surface area is 182 Å². The van der Waals surface area contributed by atoms with Gasteiger partial charge in [-0.1, -0.05) is 29.8 Å². The molecule has 0 N–H and O–H groups in total. The smallest absolute Gasteiger partial charge is 0.255 e. The number of piperazine rings is 1. The number of halogens is 1. The zero-order valence-corrected chi connectivity index (χ0v) is 18.3. The van der Waals surface area contributed by atoms with Crippen molar-refractivity contribution in [3.05, 3.63) is 53.2 Å². The predicted octanol–water partition coefficient (Wildman–Crippen LogP) is 2.87. The number of hydrogen-bond donors (Lipinski definition) is 0. The zero-order valence-electron chi connectivity index (χ0n) is 16.7. The van der Waals surface area contributed by atoms with Crippen LogP contribution in [0.1, 0.15) is 29.6 Å². The third-order valence-electron chi connectivity index (χ3n) is 5.63. The number of likely N-dealkylation sites (tertiary alicyclic amines) is 1. The van der Waals surface area contributed by atoms with E-state index in [2.05, 4.69) is 4.98 Å². The van der Waals surface area contributed by atoms with Gasteiger partial charge in [0.05, 0.1) is 15.5 Å². The van der Waals surface area contributed by atoms with Crippen LogP contribution in [-0.4, -0.2) is 67.8 Å². The summed E-state index contributed by atoms with van der Waals surface area (Å²) in [7, 11) is -3.51. The van der Waals surface area contributed by atoms with E-state index in [0.29, 0.717) is 47.5 Å². The monoisotopic (exact) mass is 448 g/mol. The van der Waals surface area contributed by atoms with Gasteiger partial charge in [-0.2, -0.15) is 4.31 Å². The molecule has 160 valence electrons. The molecule has 0 saturated carbocycles. The molecule has 2 saturated heterocycles. The normalized spacial score (nSPS) is 18.4. The van der Waals surface area contributed by atoms with Crippen molar-refractivity contribution < 1.29 is 13.2 Å². The summed E-state index contributed by atoms with van der Waals surface area (Å²) in [6.07, 6.45) is 4.79. The van der Waals surface area contributed by atoms with E-state index >= 15 is 0 Å². The Balaban J connectivity index is 1.43. The number of anilines is 1. The molecule has 1 aromatic carbocycles. The number of carbonyl (C=O) groups excluding carboxylic acids is 1. The fourth-order valence-corrected chi connectivity index (χ4v) is 5.67. The molecule has 2 aliphatic rings. The molecule has 7 nitrogen and oxygen atoms in total. The molecule has 0 radical (unpaired) electrons. The molecule has 1 aromatic heterocycles. The summed E-state index contributed by atoms with van der Waals surface area (Å²) in [5.41, 5.74) is 0.496. The fourth-order valence-electron chi connectivity index (χ4n) is 3.94. The van der Waals surface area contributed by atoms with Crippen LogP contribution in [0.5, 0.6) is 0 Å². The number of sulfonamides is 1. The van der Waals surface area contributed by atoms with Gasteiger partial charge in [-0.15, -0.1) is 0 Å². The number of rotatable bonds is 4. The minimum absolute atomic E-state index is 0.0329. The van der Waals surface area contributed by atoms with Gasteiger partial charge >= 0.3 is 0 Å². The lowest BCUT2D eigenvalue weighted by molar-refractivity contribution is 0.0724. The van der Waals surface area contributed by atoms with E-state index in [1.165, 1.54) is 4.31 Å². The van der Waals surface area contributed by atoms with Crippen molar-refractivity contribution in [3.63, 3.8) is 0 Å². The van der Waals surface area contributed by atoms with Crippen LogP contribution in [-0.2, 0) is 10.0 Å². The van der Waals surface area contributed by atoms with Crippen LogP contribution < -0.4 is 4.90 Å². The van der Waals surface area contributed by atoms with E-state index in [0.717, 1.165) is 32.4 Å². The van der Waals surface area contributed by atoms with Crippen LogP contribution in [0.25, 0.3) is 0 Å². The van der Waals surface area contributed by atoms with Gasteiger partial charge in [0.15, 0.2) is 0 Å². The highest BCUT2D eigenvalue weighted by Gasteiger charge is 2.29. The Morgan fingerprint density at radius 1 is 0.933 bits per heavy atom. The van der Waals surface area contributed by atoms with Crippen molar-refractivity contribution in [2.45, 2.75) is 24.2 Å². The summed E-state index contributed by atoms with van der Waals surface area (Å²) in [5, 5.41) is 0.414. The van der Waals surface area contributed by atoms with Crippen LogP contribution in [0.2, 0.25) is 5.02 Å². The average Bonchev–Trinajstić information content (AvgIpc) is 2.80. The molecule has 0 atom stereocenters. The standard InChI is InChI=1S/C21H25ClN4O3S/c22-19-15-17(21(27)25-9-5-2-6-10-25)16-23-20(19)24-11-13-26(14-12-24)30(28,29)18-7-3-1-4-8-18/h1,3-4,7-8,15-16H,2,5-6,9-14H2. The molecule has 0 aliphatic carbocycles. The highest BCUT2D eigenvalue weighted by atomic mass is 35.5. The maximum atomic E-state index is 12.8. The number of pyridine rings is 1. The SMILES string of the molecule is O=C(c1cnc(N2CCN(S(=O)(=O)c3ccccc3)CC2)c(Cl)c1)N1CCCCC1. The first-order valence-electron chi connectivity index (χ1n) is 10.2. The number of hydrogen-bond acceptors (Lipinski definition) is 5. The van der Waals surface area contributed by atoms with Crippen molar-refractivity contribution in [3.8, 4) is 0 Å². The Kier molecular flexibility index (Phi) is 6.26. The average molecular weight is 449 g/mol. The van der Waals surface area contributed by atoms with Crippen molar-refractivity contribution >= 4 is 33.3 Å². The first kappa shape index (κ1) is 21.1. The molecule has 0 unspecified atom stereocenters. The third kappa shape index (κ3) is 4.31. The van der Waals surface area contributed by atoms with E-state index < -0.39 is 10.0 Å². The second-order valence-corrected chi connectivity index (χ2v) is 9.93. The topological polar surface area (TPSA) is 73.8 Å². The van der Waals surface area contributed by atoms with Crippen LogP contribution in [0, 0.1) is 0 Å². The molecular weight excluding hydrogens is 424 g/mol. The lowest BCUT2D eigenvalue weighted by atomic mass is 10.1. The lowest BCUT2D eigenvalue weighted by Crippen LogP contribution is -2.49. The predicted molar refractivity (Wildman–Crippen MR) is 116 cm³/mol. The van der Waals surface area contributed by atoms with Gasteiger partial charge in [0.1, 0.15) is 5.82 Å². The van der Waals surface area contributed by atoms with Crippen molar-refractivity contribution in [1.29, 1.82) is 0 Å². The number of carbonyl (C=O) groups is 1. The number of benzene rings is 1. The molecule has 2 aliphatic heterocycles. The fraction of sp³-hybridized carbons (Fsp3) is 0.429. The second kappa shape index (κ2) is 8.91. The molecule has 2 fully saturated rings. The number of amides is 1. The Morgan fingerprint density at radius 2 is 1.60 bits per heavy atom. The minimum atomic E-state index is -3.51. The van der Waals surface area contributed by atoms with Gasteiger partial charge < -0.3 is 9.80 Å². The summed E-state index contributed by atoms with van der Waals surface area (Å²) in [5.74, 6) is 0.554. The maximum absolute atomic E-state index is 12.8. The highest BCUT2D eigenvalue weighted by Crippen LogP contribution is 2.27. The van der Waals surface area contributed by atoms with E-state index in [4.69, 9.17) is 11.6 Å². The lowest BCUT2D eigenvalue weighted by Gasteiger charge is -2.35. The highest BCUT2D eigenvalue weighted by molar-refractivity contribution is 7.89. The van der Waals surface area contributed by atoms with Crippen LogP contribution in [0.15, 0.2) is 47.5 Å². The molecule has 2 aromatic rings. The summed E-state index contributed by atoms with van der Waals surface area (Å²) in [6, 6.07) is 10.1. The van der Waals surface area contributed by atoms with E-state index in [9.17, 15) is 13.2 Å². The van der Waals surface area contributed by atoms with E-state index in [1.807, 2.05) is 9.80 Å². The number of aromatic nitrogens is 1. The zero-order chi connectivity index (χ0) is 21.1. The van der Waals surface area contributed by atoms with Gasteiger partial charge in [0, 0.05) is 45.5 Å². The number of nitrogens with zero attached hydrogens (tertiary/aromatic N) is 4. The number of piperidine rings is 1. The summed E-state index contributed by atoms with van der Waals surface area (Å²) >= 11 is 6.46. The van der Waals surface area contributed by atoms with E-state index in [1.54, 1.807) is 42.6 Å². The van der Waals surface area contributed by atoms with Gasteiger partial charge in [-0.05, 0) is 37.5 Å². The molecule has 4 rings (SSSR count). The Hall–Kier alpha value is -2.16. The molecule has 0 spiro atoms. The first-order valence-corrected chi connectivity index (χ1v) is 12.0. The van der Waals surface area contributed by atoms with Gasteiger partial charge in [-0.25, -0.2) is 13.4 Å². The van der Waals surface area contributed by atoms with Gasteiger partial charge in [0.2, 0.25) is 10.0 Å². The molecule has 1 amide bonds. The maximum Gasteiger partial charge on any atom is 0.255 e. The van der Waals surface area contributed by atoms with Crippen LogP contribution in [0.3, 0.4) is 0 Å². The quantitative estimate of drug-likeness (QED) is 0.719.